The van der Waals surface area contributed by atoms with Gasteiger partial charge in [-0.15, -0.1) is 0 Å². The summed E-state index contributed by atoms with van der Waals surface area (Å²) in [5.41, 5.74) is 0. The number of hydrogen-bond donors (Lipinski definition) is 2. The lowest BCUT2D eigenvalue weighted by Gasteiger charge is -2.20. The molecule has 0 saturated carbocycles. The van der Waals surface area contributed by atoms with Crippen LogP contribution in [-0.2, 0) is 9.59 Å². The molecule has 3 atom stereocenters. The average molecular weight is 349 g/mol. The summed E-state index contributed by atoms with van der Waals surface area (Å²) in [6, 6.07) is 0. The third-order valence-corrected chi connectivity index (χ3v) is 4.05. The smallest absolute Gasteiger partial charge is 0.309 e. The minimum atomic E-state index is -2.60. The van der Waals surface area contributed by atoms with E-state index in [9.17, 15) is 18.4 Å². The highest BCUT2D eigenvalue weighted by Gasteiger charge is 2.48. The molecule has 1 heterocycles. The number of aliphatic carboxylic acids is 2. The SMILES string of the molecule is O=C(O)[C@H]1CN(CC(F)F)C(I)[C@@H]1C(=O)O. The lowest BCUT2D eigenvalue weighted by Crippen LogP contribution is -2.34. The second-order valence-corrected chi connectivity index (χ2v) is 4.80. The number of rotatable bonds is 4. The number of carbonyl (C=O) groups is 2. The molecule has 0 bridgehead atoms. The molecule has 1 unspecified atom stereocenters. The van der Waals surface area contributed by atoms with Gasteiger partial charge in [0.15, 0.2) is 0 Å². The van der Waals surface area contributed by atoms with Crippen molar-refractivity contribution in [1.29, 1.82) is 0 Å². The molecule has 1 saturated heterocycles. The van der Waals surface area contributed by atoms with Crippen LogP contribution in [0, 0.1) is 11.8 Å². The van der Waals surface area contributed by atoms with Crippen LogP contribution in [0.2, 0.25) is 0 Å². The first-order valence-electron chi connectivity index (χ1n) is 4.46. The highest BCUT2D eigenvalue weighted by atomic mass is 127. The Morgan fingerprint density at radius 3 is 2.25 bits per heavy atom. The minimum absolute atomic E-state index is 0.149. The maximum Gasteiger partial charge on any atom is 0.309 e. The first kappa shape index (κ1) is 13.6. The molecule has 2 N–H and O–H groups in total. The van der Waals surface area contributed by atoms with Crippen LogP contribution in [0.3, 0.4) is 0 Å². The quantitative estimate of drug-likeness (QED) is 0.445. The zero-order valence-electron chi connectivity index (χ0n) is 8.02. The molecule has 0 spiro atoms. The molecule has 0 aromatic rings. The van der Waals surface area contributed by atoms with Crippen LogP contribution >= 0.6 is 22.6 Å². The predicted octanol–water partition coefficient (Wildman–Crippen LogP) is 0.730. The molecular formula is C8H10F2INO4. The summed E-state index contributed by atoms with van der Waals surface area (Å²) in [7, 11) is 0. The second-order valence-electron chi connectivity index (χ2n) is 3.53. The number of hydrogen-bond acceptors (Lipinski definition) is 3. The molecule has 5 nitrogen and oxygen atoms in total. The summed E-state index contributed by atoms with van der Waals surface area (Å²) in [6.07, 6.45) is -2.60. The molecule has 1 rings (SSSR count). The standard InChI is InChI=1S/C8H10F2INO4/c9-4(10)2-12-1-3(7(13)14)5(6(12)11)8(15)16/h3-6H,1-2H2,(H,13,14)(H,15,16)/t3-,5+,6?/m0/s1. The van der Waals surface area contributed by atoms with E-state index in [4.69, 9.17) is 10.2 Å². The van der Waals surface area contributed by atoms with Crippen LogP contribution in [-0.4, -0.2) is 50.6 Å². The molecule has 1 aliphatic heterocycles. The summed E-state index contributed by atoms with van der Waals surface area (Å²) in [4.78, 5) is 22.9. The summed E-state index contributed by atoms with van der Waals surface area (Å²) in [5, 5.41) is 17.7. The van der Waals surface area contributed by atoms with Gasteiger partial charge in [0.05, 0.1) is 22.4 Å². The number of carboxylic acid groups (broad SMARTS) is 2. The molecule has 92 valence electrons. The number of carboxylic acids is 2. The summed E-state index contributed by atoms with van der Waals surface area (Å²) in [5.74, 6) is -4.79. The Labute approximate surface area is 104 Å². The lowest BCUT2D eigenvalue weighted by atomic mass is 9.97. The normalized spacial score (nSPS) is 30.9. The van der Waals surface area contributed by atoms with Gasteiger partial charge in [0.1, 0.15) is 0 Å². The van der Waals surface area contributed by atoms with Gasteiger partial charge in [0, 0.05) is 6.54 Å². The number of halogens is 3. The van der Waals surface area contributed by atoms with Gasteiger partial charge in [-0.2, -0.15) is 0 Å². The molecule has 0 amide bonds. The Morgan fingerprint density at radius 2 is 1.94 bits per heavy atom. The van der Waals surface area contributed by atoms with Gasteiger partial charge in [-0.1, -0.05) is 22.6 Å². The van der Waals surface area contributed by atoms with Crippen molar-refractivity contribution in [3.63, 3.8) is 0 Å². The molecule has 1 fully saturated rings. The van der Waals surface area contributed by atoms with E-state index in [2.05, 4.69) is 0 Å². The fraction of sp³-hybridized carbons (Fsp3) is 0.750. The molecular weight excluding hydrogens is 339 g/mol. The van der Waals surface area contributed by atoms with Gasteiger partial charge in [-0.3, -0.25) is 14.5 Å². The highest BCUT2D eigenvalue weighted by molar-refractivity contribution is 14.1. The van der Waals surface area contributed by atoms with E-state index in [0.29, 0.717) is 0 Å². The maximum absolute atomic E-state index is 12.2. The summed E-state index contributed by atoms with van der Waals surface area (Å²) in [6.45, 7) is -0.745. The van der Waals surface area contributed by atoms with E-state index in [1.54, 1.807) is 22.6 Å². The predicted molar refractivity (Wildman–Crippen MR) is 57.6 cm³/mol. The van der Waals surface area contributed by atoms with Crippen molar-refractivity contribution < 1.29 is 28.6 Å². The number of nitrogens with zero attached hydrogens (tertiary/aromatic N) is 1. The van der Waals surface area contributed by atoms with Crippen molar-refractivity contribution >= 4 is 34.5 Å². The third kappa shape index (κ3) is 2.78. The third-order valence-electron chi connectivity index (χ3n) is 2.48. The Bertz CT molecular complexity index is 302. The first-order chi connectivity index (χ1) is 7.34. The van der Waals surface area contributed by atoms with Gasteiger partial charge in [-0.25, -0.2) is 8.78 Å². The fourth-order valence-corrected chi connectivity index (χ4v) is 3.02. The number of alkyl halides is 3. The maximum atomic E-state index is 12.2. The Hall–Kier alpha value is -0.510. The van der Waals surface area contributed by atoms with Crippen LogP contribution in [0.25, 0.3) is 0 Å². The molecule has 1 aliphatic rings. The average Bonchev–Trinajstić information content (AvgIpc) is 2.43. The van der Waals surface area contributed by atoms with Gasteiger partial charge < -0.3 is 10.2 Å². The van der Waals surface area contributed by atoms with Crippen molar-refractivity contribution in [3.8, 4) is 0 Å². The van der Waals surface area contributed by atoms with Gasteiger partial charge in [0.2, 0.25) is 0 Å². The Morgan fingerprint density at radius 1 is 1.38 bits per heavy atom. The molecule has 0 aromatic heterocycles. The van der Waals surface area contributed by atoms with Crippen LogP contribution in [0.1, 0.15) is 0 Å². The molecule has 8 heteroatoms. The van der Waals surface area contributed by atoms with Gasteiger partial charge in [-0.05, 0) is 0 Å². The second kappa shape index (κ2) is 5.21. The molecule has 0 aromatic carbocycles. The van der Waals surface area contributed by atoms with Crippen LogP contribution in [0.15, 0.2) is 0 Å². The van der Waals surface area contributed by atoms with Crippen molar-refractivity contribution in [1.82, 2.24) is 4.90 Å². The Kier molecular flexibility index (Phi) is 4.42. The summed E-state index contributed by atoms with van der Waals surface area (Å²) >= 11 is 1.70. The fourth-order valence-electron chi connectivity index (χ4n) is 1.76. The Balaban J connectivity index is 2.82. The van der Waals surface area contributed by atoms with E-state index >= 15 is 0 Å². The zero-order valence-corrected chi connectivity index (χ0v) is 10.2. The van der Waals surface area contributed by atoms with Gasteiger partial charge >= 0.3 is 11.9 Å². The molecule has 0 aliphatic carbocycles. The van der Waals surface area contributed by atoms with Crippen LogP contribution in [0.5, 0.6) is 0 Å². The van der Waals surface area contributed by atoms with E-state index in [1.165, 1.54) is 4.90 Å². The topological polar surface area (TPSA) is 77.8 Å². The van der Waals surface area contributed by atoms with Gasteiger partial charge in [0.25, 0.3) is 6.43 Å². The molecule has 16 heavy (non-hydrogen) atoms. The van der Waals surface area contributed by atoms with Crippen LogP contribution < -0.4 is 0 Å². The largest absolute Gasteiger partial charge is 0.481 e. The van der Waals surface area contributed by atoms with Crippen molar-refractivity contribution in [3.05, 3.63) is 0 Å². The van der Waals surface area contributed by atoms with Crippen molar-refractivity contribution in [2.75, 3.05) is 13.1 Å². The zero-order chi connectivity index (χ0) is 12.5. The number of likely N-dealkylation sites (tertiary alicyclic amines) is 1. The lowest BCUT2D eigenvalue weighted by molar-refractivity contribution is -0.151. The summed E-state index contributed by atoms with van der Waals surface area (Å²) < 4.78 is 23.6. The van der Waals surface area contributed by atoms with E-state index in [1.807, 2.05) is 0 Å². The van der Waals surface area contributed by atoms with Crippen molar-refractivity contribution in [2.24, 2.45) is 11.8 Å². The van der Waals surface area contributed by atoms with E-state index < -0.39 is 40.8 Å². The first-order valence-corrected chi connectivity index (χ1v) is 5.71. The van der Waals surface area contributed by atoms with Crippen LogP contribution in [0.4, 0.5) is 8.78 Å². The monoisotopic (exact) mass is 349 g/mol. The van der Waals surface area contributed by atoms with E-state index in [-0.39, 0.29) is 6.54 Å². The highest BCUT2D eigenvalue weighted by Crippen LogP contribution is 2.34. The minimum Gasteiger partial charge on any atom is -0.481 e. The van der Waals surface area contributed by atoms with Crippen molar-refractivity contribution in [2.45, 2.75) is 10.5 Å². The molecule has 0 radical (unpaired) electrons. The van der Waals surface area contributed by atoms with E-state index in [0.717, 1.165) is 0 Å².